The fourth-order valence-corrected chi connectivity index (χ4v) is 2.40. The van der Waals surface area contributed by atoms with E-state index in [9.17, 15) is 17.6 Å². The summed E-state index contributed by atoms with van der Waals surface area (Å²) in [7, 11) is 0. The molecule has 1 heterocycles. The second kappa shape index (κ2) is 5.64. The molecular weight excluding hydrogens is 284 g/mol. The zero-order valence-electron chi connectivity index (χ0n) is 9.97. The van der Waals surface area contributed by atoms with Crippen LogP contribution in [0, 0.1) is 5.82 Å². The monoisotopic (exact) mass is 296 g/mol. The molecule has 0 bridgehead atoms. The third kappa shape index (κ3) is 3.38. The van der Waals surface area contributed by atoms with Crippen molar-refractivity contribution in [2.24, 2.45) is 0 Å². The Kier molecular flexibility index (Phi) is 4.32. The molecule has 1 fully saturated rings. The van der Waals surface area contributed by atoms with E-state index in [4.69, 9.17) is 11.6 Å². The Bertz CT molecular complexity index is 444. The third-order valence-corrected chi connectivity index (χ3v) is 3.32. The number of piperazine rings is 1. The molecule has 1 aliphatic heterocycles. The summed E-state index contributed by atoms with van der Waals surface area (Å²) in [5, 5.41) is 3.06. The van der Waals surface area contributed by atoms with E-state index in [0.717, 1.165) is 12.1 Å². The Balaban J connectivity index is 2.36. The second-order valence-electron chi connectivity index (χ2n) is 4.40. The van der Waals surface area contributed by atoms with Crippen LogP contribution in [0.5, 0.6) is 0 Å². The van der Waals surface area contributed by atoms with E-state index >= 15 is 0 Å². The standard InChI is InChI=1S/C12H13ClF4N2/c13-8-1-2-9(10(14)7-8)11(12(15,16)17)19-5-3-18-4-6-19/h1-2,7,11,18H,3-6H2/t11-/m1/s1. The molecule has 19 heavy (non-hydrogen) atoms. The molecule has 0 spiro atoms. The zero-order valence-corrected chi connectivity index (χ0v) is 10.7. The molecule has 1 N–H and O–H groups in total. The molecule has 2 rings (SSSR count). The van der Waals surface area contributed by atoms with Gasteiger partial charge >= 0.3 is 6.18 Å². The van der Waals surface area contributed by atoms with E-state index in [1.54, 1.807) is 0 Å². The molecule has 7 heteroatoms. The summed E-state index contributed by atoms with van der Waals surface area (Å²) in [6, 6.07) is 1.38. The van der Waals surface area contributed by atoms with Crippen LogP contribution >= 0.6 is 11.6 Å². The van der Waals surface area contributed by atoms with E-state index in [2.05, 4.69) is 5.32 Å². The molecule has 0 amide bonds. The van der Waals surface area contributed by atoms with Crippen LogP contribution in [0.15, 0.2) is 18.2 Å². The maximum atomic E-state index is 13.8. The summed E-state index contributed by atoms with van der Waals surface area (Å²) in [4.78, 5) is 1.24. The first-order chi connectivity index (χ1) is 8.89. The largest absolute Gasteiger partial charge is 0.408 e. The van der Waals surface area contributed by atoms with Crippen molar-refractivity contribution in [1.82, 2.24) is 10.2 Å². The van der Waals surface area contributed by atoms with E-state index in [1.165, 1.54) is 11.0 Å². The predicted molar refractivity (Wildman–Crippen MR) is 64.6 cm³/mol. The van der Waals surface area contributed by atoms with E-state index in [-0.39, 0.29) is 23.7 Å². The van der Waals surface area contributed by atoms with Gasteiger partial charge in [0.25, 0.3) is 0 Å². The molecule has 0 unspecified atom stereocenters. The molecule has 0 aliphatic carbocycles. The zero-order chi connectivity index (χ0) is 14.0. The lowest BCUT2D eigenvalue weighted by Gasteiger charge is -2.36. The highest BCUT2D eigenvalue weighted by Gasteiger charge is 2.46. The van der Waals surface area contributed by atoms with Crippen LogP contribution < -0.4 is 5.32 Å². The lowest BCUT2D eigenvalue weighted by molar-refractivity contribution is -0.188. The number of hydrogen-bond acceptors (Lipinski definition) is 2. The fourth-order valence-electron chi connectivity index (χ4n) is 2.24. The molecule has 0 aromatic heterocycles. The second-order valence-corrected chi connectivity index (χ2v) is 4.83. The molecule has 0 radical (unpaired) electrons. The van der Waals surface area contributed by atoms with Gasteiger partial charge in [-0.15, -0.1) is 0 Å². The van der Waals surface area contributed by atoms with Gasteiger partial charge in [-0.25, -0.2) is 4.39 Å². The third-order valence-electron chi connectivity index (χ3n) is 3.08. The Morgan fingerprint density at radius 1 is 1.21 bits per heavy atom. The summed E-state index contributed by atoms with van der Waals surface area (Å²) in [5.74, 6) is -0.923. The van der Waals surface area contributed by atoms with Gasteiger partial charge in [-0.1, -0.05) is 17.7 Å². The van der Waals surface area contributed by atoms with Crippen molar-refractivity contribution in [3.63, 3.8) is 0 Å². The fraction of sp³-hybridized carbons (Fsp3) is 0.500. The lowest BCUT2D eigenvalue weighted by atomic mass is 10.0. The number of halogens is 5. The molecule has 1 aromatic rings. The molecule has 2 nitrogen and oxygen atoms in total. The summed E-state index contributed by atoms with van der Waals surface area (Å²) < 4.78 is 53.4. The first-order valence-corrected chi connectivity index (χ1v) is 6.24. The number of benzene rings is 1. The molecule has 106 valence electrons. The van der Waals surface area contributed by atoms with E-state index in [0.29, 0.717) is 13.1 Å². The summed E-state index contributed by atoms with van der Waals surface area (Å²) in [6.07, 6.45) is -4.52. The number of alkyl halides is 3. The quantitative estimate of drug-likeness (QED) is 0.844. The minimum atomic E-state index is -4.52. The average Bonchev–Trinajstić information content (AvgIpc) is 2.32. The molecule has 1 aliphatic rings. The highest BCUT2D eigenvalue weighted by atomic mass is 35.5. The van der Waals surface area contributed by atoms with Crippen molar-refractivity contribution >= 4 is 11.6 Å². The van der Waals surface area contributed by atoms with Crippen molar-refractivity contribution in [3.05, 3.63) is 34.6 Å². The van der Waals surface area contributed by atoms with Crippen LogP contribution in [-0.2, 0) is 0 Å². The van der Waals surface area contributed by atoms with Gasteiger partial charge in [0.05, 0.1) is 0 Å². The maximum absolute atomic E-state index is 13.8. The van der Waals surface area contributed by atoms with Gasteiger partial charge in [0.2, 0.25) is 0 Å². The molecule has 1 saturated heterocycles. The summed E-state index contributed by atoms with van der Waals surface area (Å²) >= 11 is 5.58. The number of rotatable bonds is 2. The Labute approximate surface area is 113 Å². The Hall–Kier alpha value is -0.850. The Morgan fingerprint density at radius 3 is 2.37 bits per heavy atom. The van der Waals surface area contributed by atoms with Crippen molar-refractivity contribution in [2.45, 2.75) is 12.2 Å². The number of nitrogens with zero attached hydrogens (tertiary/aromatic N) is 1. The van der Waals surface area contributed by atoms with Gasteiger partial charge in [-0.3, -0.25) is 4.90 Å². The molecular formula is C12H13ClF4N2. The van der Waals surface area contributed by atoms with E-state index in [1.807, 2.05) is 0 Å². The van der Waals surface area contributed by atoms with Gasteiger partial charge in [0, 0.05) is 36.8 Å². The minimum Gasteiger partial charge on any atom is -0.314 e. The molecule has 1 aromatic carbocycles. The SMILES string of the molecule is Fc1cc(Cl)ccc1[C@@H](N1CCNCC1)C(F)(F)F. The van der Waals surface area contributed by atoms with Crippen molar-refractivity contribution in [1.29, 1.82) is 0 Å². The normalized spacial score (nSPS) is 19.4. The highest BCUT2D eigenvalue weighted by molar-refractivity contribution is 6.30. The maximum Gasteiger partial charge on any atom is 0.408 e. The van der Waals surface area contributed by atoms with Crippen molar-refractivity contribution < 1.29 is 17.6 Å². The van der Waals surface area contributed by atoms with Gasteiger partial charge in [0.15, 0.2) is 0 Å². The van der Waals surface area contributed by atoms with Gasteiger partial charge in [-0.05, 0) is 12.1 Å². The number of nitrogens with one attached hydrogen (secondary N) is 1. The molecule has 1 atom stereocenters. The van der Waals surface area contributed by atoms with Gasteiger partial charge < -0.3 is 5.32 Å². The molecule has 0 saturated carbocycles. The first-order valence-electron chi connectivity index (χ1n) is 5.86. The number of hydrogen-bond donors (Lipinski definition) is 1. The van der Waals surface area contributed by atoms with Crippen LogP contribution in [0.25, 0.3) is 0 Å². The van der Waals surface area contributed by atoms with Crippen LogP contribution in [0.4, 0.5) is 17.6 Å². The van der Waals surface area contributed by atoms with Gasteiger partial charge in [-0.2, -0.15) is 13.2 Å². The Morgan fingerprint density at radius 2 is 1.84 bits per heavy atom. The van der Waals surface area contributed by atoms with Crippen LogP contribution in [-0.4, -0.2) is 37.3 Å². The van der Waals surface area contributed by atoms with Crippen molar-refractivity contribution in [2.75, 3.05) is 26.2 Å². The predicted octanol–water partition coefficient (Wildman–Crippen LogP) is 2.99. The minimum absolute atomic E-state index is 0.0856. The highest BCUT2D eigenvalue weighted by Crippen LogP contribution is 2.39. The first kappa shape index (κ1) is 14.6. The van der Waals surface area contributed by atoms with E-state index < -0.39 is 18.0 Å². The smallest absolute Gasteiger partial charge is 0.314 e. The average molecular weight is 297 g/mol. The summed E-state index contributed by atoms with van der Waals surface area (Å²) in [6.45, 7) is 1.38. The van der Waals surface area contributed by atoms with Crippen LogP contribution in [0.1, 0.15) is 11.6 Å². The van der Waals surface area contributed by atoms with Crippen LogP contribution in [0.3, 0.4) is 0 Å². The van der Waals surface area contributed by atoms with Crippen molar-refractivity contribution in [3.8, 4) is 0 Å². The summed E-state index contributed by atoms with van der Waals surface area (Å²) in [5.41, 5.74) is -0.376. The van der Waals surface area contributed by atoms with Gasteiger partial charge in [0.1, 0.15) is 11.9 Å². The topological polar surface area (TPSA) is 15.3 Å². The lowest BCUT2D eigenvalue weighted by Crippen LogP contribution is -2.49. The van der Waals surface area contributed by atoms with Crippen LogP contribution in [0.2, 0.25) is 5.02 Å².